The summed E-state index contributed by atoms with van der Waals surface area (Å²) in [7, 11) is -2.55. The number of halogens is 1. The second-order valence-corrected chi connectivity index (χ2v) is 7.77. The van der Waals surface area contributed by atoms with Crippen LogP contribution in [0, 0.1) is 12.7 Å². The topological polar surface area (TPSA) is 66.5 Å². The smallest absolute Gasteiger partial charge is 0.243 e. The normalized spacial score (nSPS) is 11.6. The molecule has 2 aromatic rings. The number of hydrogen-bond acceptors (Lipinski definition) is 3. The summed E-state index contributed by atoms with van der Waals surface area (Å²) in [6.45, 7) is 3.53. The Bertz CT molecular complexity index is 864. The van der Waals surface area contributed by atoms with Crippen LogP contribution in [0.4, 0.5) is 10.1 Å². The van der Waals surface area contributed by atoms with Crippen LogP contribution >= 0.6 is 0 Å². The van der Waals surface area contributed by atoms with Crippen molar-refractivity contribution >= 4 is 21.6 Å². The highest BCUT2D eigenvalue weighted by molar-refractivity contribution is 7.89. The highest BCUT2D eigenvalue weighted by Gasteiger charge is 2.23. The Balaban J connectivity index is 2.14. The third kappa shape index (κ3) is 4.43. The Morgan fingerprint density at radius 3 is 2.40 bits per heavy atom. The second-order valence-electron chi connectivity index (χ2n) is 5.73. The first-order valence-corrected chi connectivity index (χ1v) is 9.30. The Labute approximate surface area is 147 Å². The van der Waals surface area contributed by atoms with Crippen molar-refractivity contribution in [2.24, 2.45) is 0 Å². The number of nitrogens with zero attached hydrogens (tertiary/aromatic N) is 1. The minimum atomic E-state index is -3.86. The van der Waals surface area contributed by atoms with Crippen molar-refractivity contribution in [1.82, 2.24) is 4.31 Å². The van der Waals surface area contributed by atoms with Gasteiger partial charge in [0.15, 0.2) is 0 Å². The molecule has 0 bridgehead atoms. The minimum Gasteiger partial charge on any atom is -0.324 e. The Kier molecular flexibility index (Phi) is 5.92. The highest BCUT2D eigenvalue weighted by Crippen LogP contribution is 2.21. The largest absolute Gasteiger partial charge is 0.324 e. The molecular formula is C18H21FN2O3S. The summed E-state index contributed by atoms with van der Waals surface area (Å²) in [5, 5.41) is 2.79. The molecule has 0 spiro atoms. The molecule has 1 N–H and O–H groups in total. The third-order valence-electron chi connectivity index (χ3n) is 3.89. The van der Waals surface area contributed by atoms with Gasteiger partial charge < -0.3 is 5.32 Å². The van der Waals surface area contributed by atoms with Gasteiger partial charge in [-0.25, -0.2) is 12.8 Å². The standard InChI is InChI=1S/C18H21FN2O3S/c1-4-14-7-5-6-13(2)18(14)20-17(22)12-21(3)25(23,24)16-10-8-15(19)9-11-16/h5-11H,4,12H2,1-3H3,(H,20,22). The monoisotopic (exact) mass is 364 g/mol. The van der Waals surface area contributed by atoms with E-state index in [4.69, 9.17) is 0 Å². The summed E-state index contributed by atoms with van der Waals surface area (Å²) < 4.78 is 38.8. The zero-order valence-electron chi connectivity index (χ0n) is 14.4. The predicted molar refractivity (Wildman–Crippen MR) is 95.4 cm³/mol. The number of sulfonamides is 1. The molecule has 0 saturated heterocycles. The lowest BCUT2D eigenvalue weighted by molar-refractivity contribution is -0.116. The van der Waals surface area contributed by atoms with E-state index in [9.17, 15) is 17.6 Å². The van der Waals surface area contributed by atoms with Crippen molar-refractivity contribution in [2.45, 2.75) is 25.2 Å². The van der Waals surface area contributed by atoms with E-state index in [1.165, 1.54) is 19.2 Å². The SMILES string of the molecule is CCc1cccc(C)c1NC(=O)CN(C)S(=O)(=O)c1ccc(F)cc1. The number of benzene rings is 2. The molecule has 0 heterocycles. The van der Waals surface area contributed by atoms with Crippen LogP contribution in [0.1, 0.15) is 18.1 Å². The van der Waals surface area contributed by atoms with Crippen LogP contribution < -0.4 is 5.32 Å². The Hall–Kier alpha value is -2.25. The van der Waals surface area contributed by atoms with Crippen molar-refractivity contribution in [3.05, 3.63) is 59.4 Å². The van der Waals surface area contributed by atoms with Crippen LogP contribution in [0.25, 0.3) is 0 Å². The van der Waals surface area contributed by atoms with Crippen molar-refractivity contribution < 1.29 is 17.6 Å². The van der Waals surface area contributed by atoms with Gasteiger partial charge in [0.1, 0.15) is 5.82 Å². The summed E-state index contributed by atoms with van der Waals surface area (Å²) >= 11 is 0. The van der Waals surface area contributed by atoms with Gasteiger partial charge in [-0.05, 0) is 48.7 Å². The molecule has 0 unspecified atom stereocenters. The first kappa shape index (κ1) is 19.1. The molecule has 0 saturated carbocycles. The maximum absolute atomic E-state index is 13.0. The number of likely N-dealkylation sites (N-methyl/N-ethyl adjacent to an activating group) is 1. The fourth-order valence-electron chi connectivity index (χ4n) is 2.45. The zero-order valence-corrected chi connectivity index (χ0v) is 15.2. The Morgan fingerprint density at radius 1 is 1.16 bits per heavy atom. The average molecular weight is 364 g/mol. The van der Waals surface area contributed by atoms with Gasteiger partial charge >= 0.3 is 0 Å². The van der Waals surface area contributed by atoms with Crippen LogP contribution in [0.2, 0.25) is 0 Å². The van der Waals surface area contributed by atoms with E-state index in [0.29, 0.717) is 5.69 Å². The summed E-state index contributed by atoms with van der Waals surface area (Å²) in [4.78, 5) is 12.2. The van der Waals surface area contributed by atoms with E-state index in [2.05, 4.69) is 5.32 Å². The second kappa shape index (κ2) is 7.76. The van der Waals surface area contributed by atoms with E-state index in [0.717, 1.165) is 34.0 Å². The van der Waals surface area contributed by atoms with Gasteiger partial charge in [-0.1, -0.05) is 25.1 Å². The van der Waals surface area contributed by atoms with E-state index in [-0.39, 0.29) is 11.4 Å². The first-order valence-electron chi connectivity index (χ1n) is 7.86. The quantitative estimate of drug-likeness (QED) is 0.857. The number of nitrogens with one attached hydrogen (secondary N) is 1. The van der Waals surface area contributed by atoms with Gasteiger partial charge in [0, 0.05) is 12.7 Å². The molecule has 0 aromatic heterocycles. The first-order chi connectivity index (χ1) is 11.8. The van der Waals surface area contributed by atoms with Crippen molar-refractivity contribution in [3.63, 3.8) is 0 Å². The fraction of sp³-hybridized carbons (Fsp3) is 0.278. The van der Waals surface area contributed by atoms with Crippen LogP contribution in [0.3, 0.4) is 0 Å². The molecule has 0 aliphatic heterocycles. The number of amides is 1. The van der Waals surface area contributed by atoms with Crippen molar-refractivity contribution in [1.29, 1.82) is 0 Å². The average Bonchev–Trinajstić information content (AvgIpc) is 2.57. The van der Waals surface area contributed by atoms with Gasteiger partial charge in [0.2, 0.25) is 15.9 Å². The number of anilines is 1. The van der Waals surface area contributed by atoms with Crippen LogP contribution in [0.5, 0.6) is 0 Å². The van der Waals surface area contributed by atoms with Crippen LogP contribution in [-0.2, 0) is 21.2 Å². The van der Waals surface area contributed by atoms with Gasteiger partial charge in [-0.15, -0.1) is 0 Å². The molecule has 134 valence electrons. The third-order valence-corrected chi connectivity index (χ3v) is 5.71. The molecule has 0 aliphatic rings. The zero-order chi connectivity index (χ0) is 18.6. The molecule has 0 fully saturated rings. The molecule has 2 aromatic carbocycles. The molecule has 2 rings (SSSR count). The highest BCUT2D eigenvalue weighted by atomic mass is 32.2. The molecule has 7 heteroatoms. The Morgan fingerprint density at radius 2 is 1.80 bits per heavy atom. The molecular weight excluding hydrogens is 343 g/mol. The van der Waals surface area contributed by atoms with Gasteiger partial charge in [-0.2, -0.15) is 4.31 Å². The summed E-state index contributed by atoms with van der Waals surface area (Å²) in [6, 6.07) is 10.2. The number of hydrogen-bond donors (Lipinski definition) is 1. The summed E-state index contributed by atoms with van der Waals surface area (Å²) in [5.74, 6) is -0.955. The molecule has 5 nitrogen and oxygen atoms in total. The van der Waals surface area contributed by atoms with Crippen LogP contribution in [0.15, 0.2) is 47.4 Å². The molecule has 1 amide bonds. The number of carbonyl (C=O) groups excluding carboxylic acids is 1. The van der Waals surface area contributed by atoms with Crippen molar-refractivity contribution in [3.8, 4) is 0 Å². The van der Waals surface area contributed by atoms with E-state index in [1.807, 2.05) is 32.0 Å². The maximum atomic E-state index is 13.0. The summed E-state index contributed by atoms with van der Waals surface area (Å²) in [5.41, 5.74) is 2.61. The van der Waals surface area contributed by atoms with Gasteiger partial charge in [-0.3, -0.25) is 4.79 Å². The van der Waals surface area contributed by atoms with Crippen molar-refractivity contribution in [2.75, 3.05) is 18.9 Å². The van der Waals surface area contributed by atoms with E-state index in [1.54, 1.807) is 0 Å². The lowest BCUT2D eigenvalue weighted by atomic mass is 10.1. The number of para-hydroxylation sites is 1. The van der Waals surface area contributed by atoms with Gasteiger partial charge in [0.25, 0.3) is 0 Å². The minimum absolute atomic E-state index is 0.0608. The lowest BCUT2D eigenvalue weighted by Gasteiger charge is -2.18. The maximum Gasteiger partial charge on any atom is 0.243 e. The number of rotatable bonds is 6. The summed E-state index contributed by atoms with van der Waals surface area (Å²) in [6.07, 6.45) is 0.751. The molecule has 25 heavy (non-hydrogen) atoms. The van der Waals surface area contributed by atoms with E-state index >= 15 is 0 Å². The molecule has 0 radical (unpaired) electrons. The molecule has 0 atom stereocenters. The van der Waals surface area contributed by atoms with E-state index < -0.39 is 21.7 Å². The fourth-order valence-corrected chi connectivity index (χ4v) is 3.58. The number of aryl methyl sites for hydroxylation is 2. The molecule has 0 aliphatic carbocycles. The lowest BCUT2D eigenvalue weighted by Crippen LogP contribution is -2.35. The van der Waals surface area contributed by atoms with Crippen LogP contribution in [-0.4, -0.2) is 32.2 Å². The van der Waals surface area contributed by atoms with Gasteiger partial charge in [0.05, 0.1) is 11.4 Å². The number of carbonyl (C=O) groups is 1. The predicted octanol–water partition coefficient (Wildman–Crippen LogP) is 2.96.